The standard InChI is InChI=1S/C8H14N4/c1-3-4-7(11-9)8-10-5-6-12(8)2/h3,5-7,11H,1,4,9H2,2H3. The fourth-order valence-electron chi connectivity index (χ4n) is 1.13. The SMILES string of the molecule is C=CCC(NN)c1nccn1C. The summed E-state index contributed by atoms with van der Waals surface area (Å²) in [5, 5.41) is 0. The number of imidazole rings is 1. The Hall–Kier alpha value is -1.13. The van der Waals surface area contributed by atoms with Crippen molar-refractivity contribution in [3.05, 3.63) is 30.9 Å². The van der Waals surface area contributed by atoms with E-state index < -0.39 is 0 Å². The largest absolute Gasteiger partial charge is 0.337 e. The fraction of sp³-hybridized carbons (Fsp3) is 0.375. The van der Waals surface area contributed by atoms with Gasteiger partial charge in [0, 0.05) is 19.4 Å². The summed E-state index contributed by atoms with van der Waals surface area (Å²) in [5.74, 6) is 6.30. The van der Waals surface area contributed by atoms with Gasteiger partial charge in [-0.2, -0.15) is 0 Å². The first-order chi connectivity index (χ1) is 5.79. The Bertz CT molecular complexity index is 253. The van der Waals surface area contributed by atoms with Gasteiger partial charge >= 0.3 is 0 Å². The van der Waals surface area contributed by atoms with E-state index in [1.165, 1.54) is 0 Å². The van der Waals surface area contributed by atoms with Crippen LogP contribution < -0.4 is 11.3 Å². The molecule has 0 aromatic carbocycles. The van der Waals surface area contributed by atoms with E-state index in [0.29, 0.717) is 0 Å². The molecular weight excluding hydrogens is 152 g/mol. The lowest BCUT2D eigenvalue weighted by atomic mass is 10.2. The molecule has 0 spiro atoms. The molecule has 0 aliphatic heterocycles. The Morgan fingerprint density at radius 3 is 3.08 bits per heavy atom. The van der Waals surface area contributed by atoms with E-state index in [2.05, 4.69) is 17.0 Å². The molecule has 0 amide bonds. The molecule has 1 aromatic rings. The summed E-state index contributed by atoms with van der Waals surface area (Å²) in [6, 6.07) is 0.0579. The third-order valence-electron chi connectivity index (χ3n) is 1.77. The van der Waals surface area contributed by atoms with E-state index in [1.54, 1.807) is 6.20 Å². The van der Waals surface area contributed by atoms with Gasteiger partial charge in [0.05, 0.1) is 6.04 Å². The number of nitrogens with zero attached hydrogens (tertiary/aromatic N) is 2. The van der Waals surface area contributed by atoms with Crippen LogP contribution in [0.25, 0.3) is 0 Å². The van der Waals surface area contributed by atoms with Crippen molar-refractivity contribution in [1.29, 1.82) is 0 Å². The van der Waals surface area contributed by atoms with Crippen molar-refractivity contribution in [1.82, 2.24) is 15.0 Å². The zero-order valence-corrected chi connectivity index (χ0v) is 7.20. The van der Waals surface area contributed by atoms with Crippen molar-refractivity contribution in [2.75, 3.05) is 0 Å². The van der Waals surface area contributed by atoms with Crippen molar-refractivity contribution >= 4 is 0 Å². The Morgan fingerprint density at radius 1 is 1.92 bits per heavy atom. The van der Waals surface area contributed by atoms with Crippen molar-refractivity contribution in [3.8, 4) is 0 Å². The van der Waals surface area contributed by atoms with Crippen molar-refractivity contribution in [2.45, 2.75) is 12.5 Å². The normalized spacial score (nSPS) is 12.8. The van der Waals surface area contributed by atoms with Crippen LogP contribution in [0.3, 0.4) is 0 Å². The fourth-order valence-corrected chi connectivity index (χ4v) is 1.13. The molecule has 0 bridgehead atoms. The number of aromatic nitrogens is 2. The van der Waals surface area contributed by atoms with Crippen molar-refractivity contribution in [3.63, 3.8) is 0 Å². The van der Waals surface area contributed by atoms with Crippen molar-refractivity contribution < 1.29 is 0 Å². The number of rotatable bonds is 4. The minimum atomic E-state index is 0.0579. The molecule has 0 aliphatic carbocycles. The Balaban J connectivity index is 2.78. The Kier molecular flexibility index (Phi) is 3.01. The van der Waals surface area contributed by atoms with Crippen LogP contribution in [0.1, 0.15) is 18.3 Å². The van der Waals surface area contributed by atoms with E-state index in [0.717, 1.165) is 12.2 Å². The molecule has 1 unspecified atom stereocenters. The van der Waals surface area contributed by atoms with E-state index in [-0.39, 0.29) is 6.04 Å². The first kappa shape index (κ1) is 8.96. The molecule has 0 aliphatic rings. The third kappa shape index (κ3) is 1.72. The van der Waals surface area contributed by atoms with E-state index >= 15 is 0 Å². The van der Waals surface area contributed by atoms with Gasteiger partial charge in [0.2, 0.25) is 0 Å². The quantitative estimate of drug-likeness (QED) is 0.389. The second-order valence-corrected chi connectivity index (χ2v) is 2.64. The smallest absolute Gasteiger partial charge is 0.127 e. The van der Waals surface area contributed by atoms with Crippen molar-refractivity contribution in [2.24, 2.45) is 12.9 Å². The van der Waals surface area contributed by atoms with E-state index in [1.807, 2.05) is 23.9 Å². The number of hydrazine groups is 1. The summed E-state index contributed by atoms with van der Waals surface area (Å²) in [7, 11) is 1.94. The maximum atomic E-state index is 5.37. The van der Waals surface area contributed by atoms with Crippen LogP contribution in [-0.2, 0) is 7.05 Å². The number of nitrogens with one attached hydrogen (secondary N) is 1. The van der Waals surface area contributed by atoms with Gasteiger partial charge in [-0.05, 0) is 6.42 Å². The minimum Gasteiger partial charge on any atom is -0.337 e. The summed E-state index contributed by atoms with van der Waals surface area (Å²) >= 11 is 0. The molecule has 1 atom stereocenters. The van der Waals surface area contributed by atoms with Gasteiger partial charge in [-0.3, -0.25) is 5.84 Å². The summed E-state index contributed by atoms with van der Waals surface area (Å²) in [6.07, 6.45) is 6.24. The topological polar surface area (TPSA) is 55.9 Å². The average Bonchev–Trinajstić information content (AvgIpc) is 2.47. The van der Waals surface area contributed by atoms with Crippen LogP contribution in [0.2, 0.25) is 0 Å². The molecule has 1 aromatic heterocycles. The molecule has 1 rings (SSSR count). The molecule has 3 N–H and O–H groups in total. The molecule has 4 nitrogen and oxygen atoms in total. The van der Waals surface area contributed by atoms with Gasteiger partial charge in [-0.15, -0.1) is 6.58 Å². The Labute approximate surface area is 72.1 Å². The number of nitrogens with two attached hydrogens (primary N) is 1. The number of aryl methyl sites for hydroxylation is 1. The first-order valence-corrected chi connectivity index (χ1v) is 3.83. The predicted octanol–water partition coefficient (Wildman–Crippen LogP) is 0.501. The predicted molar refractivity (Wildman–Crippen MR) is 48.1 cm³/mol. The summed E-state index contributed by atoms with van der Waals surface area (Å²) in [6.45, 7) is 3.66. The molecule has 1 heterocycles. The first-order valence-electron chi connectivity index (χ1n) is 3.83. The highest BCUT2D eigenvalue weighted by atomic mass is 15.3. The lowest BCUT2D eigenvalue weighted by Gasteiger charge is -2.12. The van der Waals surface area contributed by atoms with Gasteiger partial charge in [0.1, 0.15) is 5.82 Å². The summed E-state index contributed by atoms with van der Waals surface area (Å²) in [4.78, 5) is 4.18. The molecule has 0 fully saturated rings. The zero-order chi connectivity index (χ0) is 8.97. The van der Waals surface area contributed by atoms with Crippen LogP contribution in [0.15, 0.2) is 25.0 Å². The van der Waals surface area contributed by atoms with E-state index in [9.17, 15) is 0 Å². The van der Waals surface area contributed by atoms with Gasteiger partial charge in [-0.1, -0.05) is 6.08 Å². The second-order valence-electron chi connectivity index (χ2n) is 2.64. The average molecular weight is 166 g/mol. The number of hydrogen-bond acceptors (Lipinski definition) is 3. The summed E-state index contributed by atoms with van der Waals surface area (Å²) < 4.78 is 1.94. The monoisotopic (exact) mass is 166 g/mol. The lowest BCUT2D eigenvalue weighted by molar-refractivity contribution is 0.515. The molecule has 0 radical (unpaired) electrons. The van der Waals surface area contributed by atoms with Crippen LogP contribution in [0.4, 0.5) is 0 Å². The van der Waals surface area contributed by atoms with Gasteiger partial charge < -0.3 is 4.57 Å². The maximum Gasteiger partial charge on any atom is 0.127 e. The molecule has 66 valence electrons. The molecule has 0 saturated heterocycles. The lowest BCUT2D eigenvalue weighted by Crippen LogP contribution is -2.29. The van der Waals surface area contributed by atoms with Crippen LogP contribution >= 0.6 is 0 Å². The van der Waals surface area contributed by atoms with Crippen LogP contribution in [0.5, 0.6) is 0 Å². The molecule has 12 heavy (non-hydrogen) atoms. The zero-order valence-electron chi connectivity index (χ0n) is 7.20. The number of hydrogen-bond donors (Lipinski definition) is 2. The second kappa shape index (κ2) is 4.04. The highest BCUT2D eigenvalue weighted by Crippen LogP contribution is 2.12. The highest BCUT2D eigenvalue weighted by molar-refractivity contribution is 5.00. The van der Waals surface area contributed by atoms with Crippen LogP contribution in [0, 0.1) is 0 Å². The summed E-state index contributed by atoms with van der Waals surface area (Å²) in [5.41, 5.74) is 2.69. The Morgan fingerprint density at radius 2 is 2.67 bits per heavy atom. The van der Waals surface area contributed by atoms with E-state index in [4.69, 9.17) is 5.84 Å². The third-order valence-corrected chi connectivity index (χ3v) is 1.77. The minimum absolute atomic E-state index is 0.0579. The van der Waals surface area contributed by atoms with Crippen LogP contribution in [-0.4, -0.2) is 9.55 Å². The van der Waals surface area contributed by atoms with Gasteiger partial charge in [0.25, 0.3) is 0 Å². The molecular formula is C8H14N4. The van der Waals surface area contributed by atoms with Gasteiger partial charge in [-0.25, -0.2) is 10.4 Å². The molecule has 4 heteroatoms. The molecule has 0 saturated carbocycles. The highest BCUT2D eigenvalue weighted by Gasteiger charge is 2.11. The van der Waals surface area contributed by atoms with Gasteiger partial charge in [0.15, 0.2) is 0 Å². The maximum absolute atomic E-state index is 5.37.